The van der Waals surface area contributed by atoms with Crippen molar-refractivity contribution in [3.05, 3.63) is 0 Å². The summed E-state index contributed by atoms with van der Waals surface area (Å²) < 4.78 is 0. The minimum Gasteiger partial charge on any atom is -0.393 e. The first-order valence-corrected chi connectivity index (χ1v) is 2.89. The van der Waals surface area contributed by atoms with Crippen molar-refractivity contribution >= 4 is 6.41 Å². The number of aliphatic hydroxyl groups is 1. The maximum absolute atomic E-state index is 8.63. The molecule has 0 aromatic heterocycles. The number of hydrogen-bond acceptors (Lipinski definition) is 2. The summed E-state index contributed by atoms with van der Waals surface area (Å²) in [6.07, 6.45) is 0.102. The summed E-state index contributed by atoms with van der Waals surface area (Å²) in [6, 6.07) is 0. The van der Waals surface area contributed by atoms with E-state index in [0.717, 1.165) is 0 Å². The van der Waals surface area contributed by atoms with Gasteiger partial charge in [-0.15, -0.1) is 0 Å². The van der Waals surface area contributed by atoms with Crippen LogP contribution in [0.2, 0.25) is 0 Å². The second-order valence-corrected chi connectivity index (χ2v) is 2.12. The van der Waals surface area contributed by atoms with E-state index in [1.807, 2.05) is 13.8 Å². The first-order chi connectivity index (χ1) is 4.06. The lowest BCUT2D eigenvalue weighted by molar-refractivity contribution is -0.106. The summed E-state index contributed by atoms with van der Waals surface area (Å²) in [5, 5.41) is 8.63. The fourth-order valence-electron chi connectivity index (χ4n) is 0. The SMILES string of the molecule is CC(C)C(C)O.NC=O. The number of aliphatic hydroxyl groups excluding tert-OH is 1. The molecule has 0 aliphatic heterocycles. The third kappa shape index (κ3) is 18.6. The van der Waals surface area contributed by atoms with Crippen LogP contribution in [0, 0.1) is 5.92 Å². The van der Waals surface area contributed by atoms with Crippen molar-refractivity contribution in [2.75, 3.05) is 0 Å². The molecule has 3 N–H and O–H groups in total. The predicted octanol–water partition coefficient (Wildman–Crippen LogP) is 0.125. The summed E-state index contributed by atoms with van der Waals surface area (Å²) in [7, 11) is 0. The van der Waals surface area contributed by atoms with E-state index < -0.39 is 0 Å². The molecule has 0 saturated carbocycles. The van der Waals surface area contributed by atoms with E-state index in [2.05, 4.69) is 5.73 Å². The van der Waals surface area contributed by atoms with Crippen molar-refractivity contribution in [1.29, 1.82) is 0 Å². The molecular weight excluding hydrogens is 118 g/mol. The van der Waals surface area contributed by atoms with Gasteiger partial charge in [-0.3, -0.25) is 4.79 Å². The molecule has 0 aromatic carbocycles. The van der Waals surface area contributed by atoms with Crippen molar-refractivity contribution in [2.45, 2.75) is 26.9 Å². The molecule has 1 unspecified atom stereocenters. The molecule has 1 amide bonds. The summed E-state index contributed by atoms with van der Waals surface area (Å²) in [5.74, 6) is 0.407. The van der Waals surface area contributed by atoms with Crippen molar-refractivity contribution < 1.29 is 9.90 Å². The Morgan fingerprint density at radius 3 is 1.56 bits per heavy atom. The number of carbonyl (C=O) groups is 1. The largest absolute Gasteiger partial charge is 0.393 e. The highest BCUT2D eigenvalue weighted by atomic mass is 16.3. The monoisotopic (exact) mass is 133 g/mol. The van der Waals surface area contributed by atoms with Crippen LogP contribution in [0.5, 0.6) is 0 Å². The zero-order valence-corrected chi connectivity index (χ0v) is 6.16. The van der Waals surface area contributed by atoms with Gasteiger partial charge in [0.2, 0.25) is 6.41 Å². The van der Waals surface area contributed by atoms with Crippen LogP contribution in [-0.2, 0) is 4.79 Å². The van der Waals surface area contributed by atoms with E-state index in [0.29, 0.717) is 5.92 Å². The van der Waals surface area contributed by atoms with Crippen LogP contribution < -0.4 is 5.73 Å². The fourth-order valence-corrected chi connectivity index (χ4v) is 0. The van der Waals surface area contributed by atoms with E-state index in [-0.39, 0.29) is 12.5 Å². The molecule has 0 rings (SSSR count). The second-order valence-electron chi connectivity index (χ2n) is 2.12. The van der Waals surface area contributed by atoms with E-state index in [9.17, 15) is 0 Å². The van der Waals surface area contributed by atoms with E-state index in [1.165, 1.54) is 0 Å². The lowest BCUT2D eigenvalue weighted by Crippen LogP contribution is -2.07. The average molecular weight is 133 g/mol. The Morgan fingerprint density at radius 2 is 1.56 bits per heavy atom. The Balaban J connectivity index is 0. The van der Waals surface area contributed by atoms with Gasteiger partial charge < -0.3 is 10.8 Å². The third-order valence-electron chi connectivity index (χ3n) is 0.965. The number of nitrogens with two attached hydrogens (primary N) is 1. The Morgan fingerprint density at radius 1 is 1.44 bits per heavy atom. The molecule has 3 nitrogen and oxygen atoms in total. The highest BCUT2D eigenvalue weighted by molar-refractivity contribution is 5.42. The van der Waals surface area contributed by atoms with Gasteiger partial charge in [-0.05, 0) is 12.8 Å². The number of carbonyl (C=O) groups excluding carboxylic acids is 1. The lowest BCUT2D eigenvalue weighted by Gasteiger charge is -2.04. The number of primary amides is 1. The van der Waals surface area contributed by atoms with Crippen LogP contribution in [0.4, 0.5) is 0 Å². The van der Waals surface area contributed by atoms with Gasteiger partial charge in [-0.1, -0.05) is 13.8 Å². The molecule has 0 bridgehead atoms. The smallest absolute Gasteiger partial charge is 0.204 e. The van der Waals surface area contributed by atoms with Crippen LogP contribution in [0.15, 0.2) is 0 Å². The topological polar surface area (TPSA) is 63.3 Å². The quantitative estimate of drug-likeness (QED) is 0.499. The molecule has 0 fully saturated rings. The molecule has 3 heteroatoms. The second kappa shape index (κ2) is 7.43. The van der Waals surface area contributed by atoms with Gasteiger partial charge in [0.25, 0.3) is 0 Å². The summed E-state index contributed by atoms with van der Waals surface area (Å²) in [6.45, 7) is 5.78. The maximum Gasteiger partial charge on any atom is 0.204 e. The molecule has 1 atom stereocenters. The minimum atomic E-state index is -0.148. The standard InChI is InChI=1S/C5H12O.CH3NO/c1-4(2)5(3)6;2-1-3/h4-6H,1-3H3;1H,(H2,2,3). The van der Waals surface area contributed by atoms with Gasteiger partial charge in [-0.25, -0.2) is 0 Å². The van der Waals surface area contributed by atoms with Crippen molar-refractivity contribution in [3.8, 4) is 0 Å². The molecule has 0 radical (unpaired) electrons. The highest BCUT2D eigenvalue weighted by Gasteiger charge is 1.97. The van der Waals surface area contributed by atoms with Gasteiger partial charge in [0.1, 0.15) is 0 Å². The van der Waals surface area contributed by atoms with Gasteiger partial charge in [0.05, 0.1) is 6.10 Å². The van der Waals surface area contributed by atoms with Crippen LogP contribution in [0.1, 0.15) is 20.8 Å². The molecule has 0 aliphatic carbocycles. The molecule has 0 aromatic rings. The van der Waals surface area contributed by atoms with Crippen molar-refractivity contribution in [3.63, 3.8) is 0 Å². The van der Waals surface area contributed by atoms with Gasteiger partial charge in [-0.2, -0.15) is 0 Å². The summed E-state index contributed by atoms with van der Waals surface area (Å²) >= 11 is 0. The minimum absolute atomic E-state index is 0.148. The first kappa shape index (κ1) is 11.3. The van der Waals surface area contributed by atoms with Crippen LogP contribution >= 0.6 is 0 Å². The zero-order chi connectivity index (χ0) is 7.86. The molecule has 0 saturated heterocycles. The van der Waals surface area contributed by atoms with Crippen LogP contribution in [0.3, 0.4) is 0 Å². The molecule has 56 valence electrons. The predicted molar refractivity (Wildman–Crippen MR) is 36.8 cm³/mol. The molecular formula is C6H15NO2. The average Bonchev–Trinajstić information content (AvgIpc) is 1.68. The maximum atomic E-state index is 8.63. The fraction of sp³-hybridized carbons (Fsp3) is 0.833. The molecule has 0 heterocycles. The third-order valence-corrected chi connectivity index (χ3v) is 0.965. The zero-order valence-electron chi connectivity index (χ0n) is 6.16. The Kier molecular flexibility index (Phi) is 9.29. The molecule has 9 heavy (non-hydrogen) atoms. The van der Waals surface area contributed by atoms with Crippen molar-refractivity contribution in [2.24, 2.45) is 11.7 Å². The summed E-state index contributed by atoms with van der Waals surface area (Å²) in [4.78, 5) is 8.58. The number of hydrogen-bond donors (Lipinski definition) is 2. The van der Waals surface area contributed by atoms with Crippen molar-refractivity contribution in [1.82, 2.24) is 0 Å². The molecule has 0 aliphatic rings. The van der Waals surface area contributed by atoms with Gasteiger partial charge >= 0.3 is 0 Å². The first-order valence-electron chi connectivity index (χ1n) is 2.89. The van der Waals surface area contributed by atoms with Gasteiger partial charge in [0, 0.05) is 0 Å². The Bertz CT molecular complexity index is 56.1. The Hall–Kier alpha value is -0.570. The molecule has 0 spiro atoms. The normalized spacial score (nSPS) is 11.7. The highest BCUT2D eigenvalue weighted by Crippen LogP contribution is 1.96. The van der Waals surface area contributed by atoms with E-state index >= 15 is 0 Å². The van der Waals surface area contributed by atoms with E-state index in [1.54, 1.807) is 6.92 Å². The van der Waals surface area contributed by atoms with Crippen LogP contribution in [0.25, 0.3) is 0 Å². The lowest BCUT2D eigenvalue weighted by atomic mass is 10.1. The van der Waals surface area contributed by atoms with Gasteiger partial charge in [0.15, 0.2) is 0 Å². The van der Waals surface area contributed by atoms with Crippen LogP contribution in [-0.4, -0.2) is 17.6 Å². The van der Waals surface area contributed by atoms with E-state index in [4.69, 9.17) is 9.90 Å². The number of amides is 1. The summed E-state index contributed by atoms with van der Waals surface area (Å²) in [5.41, 5.74) is 4.17. The Labute approximate surface area is 55.9 Å². The number of rotatable bonds is 1.